The Kier molecular flexibility index (Phi) is 4.97. The summed E-state index contributed by atoms with van der Waals surface area (Å²) < 4.78 is 5.34. The van der Waals surface area contributed by atoms with Gasteiger partial charge in [-0.25, -0.2) is 0 Å². The highest BCUT2D eigenvalue weighted by atomic mass is 16.5. The predicted molar refractivity (Wildman–Crippen MR) is 68.7 cm³/mol. The van der Waals surface area contributed by atoms with E-state index in [0.717, 1.165) is 45.4 Å². The van der Waals surface area contributed by atoms with Gasteiger partial charge in [-0.15, -0.1) is 0 Å². The highest BCUT2D eigenvalue weighted by molar-refractivity contribution is 5.73. The van der Waals surface area contributed by atoms with Gasteiger partial charge in [-0.05, 0) is 39.2 Å². The molecule has 0 amide bonds. The van der Waals surface area contributed by atoms with Gasteiger partial charge < -0.3 is 20.1 Å². The number of hydrogen-bond acceptors (Lipinski definition) is 4. The maximum Gasteiger partial charge on any atom is 0.320 e. The highest BCUT2D eigenvalue weighted by Crippen LogP contribution is 2.20. The molecule has 2 aliphatic rings. The molecule has 1 unspecified atom stereocenters. The van der Waals surface area contributed by atoms with E-state index in [0.29, 0.717) is 18.5 Å². The molecule has 0 radical (unpaired) electrons. The summed E-state index contributed by atoms with van der Waals surface area (Å²) in [6.07, 6.45) is 5.05. The van der Waals surface area contributed by atoms with E-state index in [1.807, 2.05) is 0 Å². The summed E-state index contributed by atoms with van der Waals surface area (Å²) in [6, 6.07) is 0.605. The number of nitrogens with one attached hydrogen (secondary N) is 1. The van der Waals surface area contributed by atoms with Gasteiger partial charge in [-0.1, -0.05) is 0 Å². The topological polar surface area (TPSA) is 61.8 Å². The fourth-order valence-electron chi connectivity index (χ4n) is 2.45. The molecule has 1 aliphatic carbocycles. The van der Waals surface area contributed by atoms with Crippen LogP contribution >= 0.6 is 0 Å². The number of ether oxygens (including phenoxy) is 1. The number of carbonyl (C=O) groups is 1. The number of aliphatic carboxylic acids is 1. The fourth-order valence-corrected chi connectivity index (χ4v) is 2.45. The normalized spacial score (nSPS) is 23.2. The van der Waals surface area contributed by atoms with Gasteiger partial charge in [0.1, 0.15) is 6.04 Å². The maximum atomic E-state index is 11.2. The second-order valence-corrected chi connectivity index (χ2v) is 5.44. The molecule has 5 heteroatoms. The van der Waals surface area contributed by atoms with Crippen LogP contribution in [0, 0.1) is 0 Å². The van der Waals surface area contributed by atoms with Crippen LogP contribution in [0.4, 0.5) is 0 Å². The van der Waals surface area contributed by atoms with Gasteiger partial charge in [-0.3, -0.25) is 4.79 Å². The molecule has 0 aromatic rings. The van der Waals surface area contributed by atoms with Crippen molar-refractivity contribution in [2.75, 3.05) is 26.8 Å². The van der Waals surface area contributed by atoms with Crippen molar-refractivity contribution in [2.45, 2.75) is 50.2 Å². The standard InChI is InChI=1S/C13H24N2O3/c1-15(11-5-8-18-9-6-11)7-4-12(13(16)17)14-10-2-3-10/h10-12,14H,2-9H2,1H3,(H,16,17). The van der Waals surface area contributed by atoms with Crippen LogP contribution in [-0.2, 0) is 9.53 Å². The Morgan fingerprint density at radius 2 is 2.06 bits per heavy atom. The largest absolute Gasteiger partial charge is 0.480 e. The lowest BCUT2D eigenvalue weighted by molar-refractivity contribution is -0.139. The number of carboxylic acids is 1. The summed E-state index contributed by atoms with van der Waals surface area (Å²) in [5, 5.41) is 12.4. The van der Waals surface area contributed by atoms with Gasteiger partial charge in [0.25, 0.3) is 0 Å². The minimum atomic E-state index is -0.720. The monoisotopic (exact) mass is 256 g/mol. The molecule has 2 N–H and O–H groups in total. The van der Waals surface area contributed by atoms with E-state index < -0.39 is 5.97 Å². The molecular formula is C13H24N2O3. The molecule has 1 heterocycles. The third-order valence-corrected chi connectivity index (χ3v) is 3.90. The molecule has 0 aromatic carbocycles. The Morgan fingerprint density at radius 1 is 1.39 bits per heavy atom. The van der Waals surface area contributed by atoms with E-state index in [1.165, 1.54) is 0 Å². The molecule has 1 atom stereocenters. The Balaban J connectivity index is 1.71. The molecule has 2 fully saturated rings. The lowest BCUT2D eigenvalue weighted by atomic mass is 10.1. The smallest absolute Gasteiger partial charge is 0.320 e. The second-order valence-electron chi connectivity index (χ2n) is 5.44. The molecule has 2 rings (SSSR count). The predicted octanol–water partition coefficient (Wildman–Crippen LogP) is 0.693. The molecule has 1 saturated heterocycles. The van der Waals surface area contributed by atoms with E-state index in [9.17, 15) is 9.90 Å². The van der Waals surface area contributed by atoms with Gasteiger partial charge >= 0.3 is 5.97 Å². The van der Waals surface area contributed by atoms with E-state index in [-0.39, 0.29) is 6.04 Å². The minimum Gasteiger partial charge on any atom is -0.480 e. The molecule has 0 aromatic heterocycles. The van der Waals surface area contributed by atoms with Crippen LogP contribution in [0.3, 0.4) is 0 Å². The molecule has 5 nitrogen and oxygen atoms in total. The average molecular weight is 256 g/mol. The zero-order chi connectivity index (χ0) is 13.0. The Labute approximate surface area is 108 Å². The van der Waals surface area contributed by atoms with Crippen molar-refractivity contribution in [3.8, 4) is 0 Å². The van der Waals surface area contributed by atoms with Crippen LogP contribution in [0.5, 0.6) is 0 Å². The van der Waals surface area contributed by atoms with Gasteiger partial charge in [0.05, 0.1) is 0 Å². The van der Waals surface area contributed by atoms with E-state index in [1.54, 1.807) is 0 Å². The van der Waals surface area contributed by atoms with Crippen molar-refractivity contribution in [1.82, 2.24) is 10.2 Å². The van der Waals surface area contributed by atoms with Crippen molar-refractivity contribution < 1.29 is 14.6 Å². The summed E-state index contributed by atoms with van der Waals surface area (Å²) in [5.41, 5.74) is 0. The first-order valence-corrected chi connectivity index (χ1v) is 6.93. The highest BCUT2D eigenvalue weighted by Gasteiger charge is 2.28. The first-order chi connectivity index (χ1) is 8.66. The first kappa shape index (κ1) is 13.8. The van der Waals surface area contributed by atoms with Crippen molar-refractivity contribution in [3.05, 3.63) is 0 Å². The molecule has 1 saturated carbocycles. The minimum absolute atomic E-state index is 0.389. The number of rotatable bonds is 7. The quantitative estimate of drug-likeness (QED) is 0.702. The summed E-state index contributed by atoms with van der Waals surface area (Å²) in [7, 11) is 2.09. The summed E-state index contributed by atoms with van der Waals surface area (Å²) >= 11 is 0. The lowest BCUT2D eigenvalue weighted by Crippen LogP contribution is -2.43. The van der Waals surface area contributed by atoms with Crippen LogP contribution in [0.2, 0.25) is 0 Å². The van der Waals surface area contributed by atoms with E-state index in [4.69, 9.17) is 4.74 Å². The van der Waals surface area contributed by atoms with Crippen LogP contribution in [0.15, 0.2) is 0 Å². The zero-order valence-electron chi connectivity index (χ0n) is 11.1. The maximum absolute atomic E-state index is 11.2. The van der Waals surface area contributed by atoms with Gasteiger partial charge in [-0.2, -0.15) is 0 Å². The van der Waals surface area contributed by atoms with E-state index in [2.05, 4.69) is 17.3 Å². The molecular weight excluding hydrogens is 232 g/mol. The van der Waals surface area contributed by atoms with Crippen LogP contribution < -0.4 is 5.32 Å². The number of hydrogen-bond donors (Lipinski definition) is 2. The Morgan fingerprint density at radius 3 is 2.61 bits per heavy atom. The summed E-state index contributed by atoms with van der Waals surface area (Å²) in [5.74, 6) is -0.720. The van der Waals surface area contributed by atoms with Gasteiger partial charge in [0.2, 0.25) is 0 Å². The third kappa shape index (κ3) is 4.23. The van der Waals surface area contributed by atoms with Crippen molar-refractivity contribution in [2.24, 2.45) is 0 Å². The molecule has 0 bridgehead atoms. The van der Waals surface area contributed by atoms with Gasteiger partial charge in [0, 0.05) is 31.8 Å². The van der Waals surface area contributed by atoms with E-state index >= 15 is 0 Å². The molecule has 0 spiro atoms. The zero-order valence-corrected chi connectivity index (χ0v) is 11.1. The fraction of sp³-hybridized carbons (Fsp3) is 0.923. The Bertz CT molecular complexity index is 275. The number of carboxylic acid groups (broad SMARTS) is 1. The van der Waals surface area contributed by atoms with Gasteiger partial charge in [0.15, 0.2) is 0 Å². The second kappa shape index (κ2) is 6.50. The van der Waals surface area contributed by atoms with Crippen LogP contribution in [0.25, 0.3) is 0 Å². The van der Waals surface area contributed by atoms with Crippen molar-refractivity contribution in [1.29, 1.82) is 0 Å². The SMILES string of the molecule is CN(CCC(NC1CC1)C(=O)O)C1CCOCC1. The Hall–Kier alpha value is -0.650. The third-order valence-electron chi connectivity index (χ3n) is 3.90. The number of nitrogens with zero attached hydrogens (tertiary/aromatic N) is 1. The molecule has 104 valence electrons. The summed E-state index contributed by atoms with van der Waals surface area (Å²) in [4.78, 5) is 13.4. The average Bonchev–Trinajstić information content (AvgIpc) is 3.18. The lowest BCUT2D eigenvalue weighted by Gasteiger charge is -2.31. The van der Waals surface area contributed by atoms with Crippen molar-refractivity contribution >= 4 is 5.97 Å². The van der Waals surface area contributed by atoms with Crippen molar-refractivity contribution in [3.63, 3.8) is 0 Å². The molecule has 18 heavy (non-hydrogen) atoms. The van der Waals surface area contributed by atoms with Crippen LogP contribution in [-0.4, -0.2) is 60.9 Å². The van der Waals surface area contributed by atoms with Crippen LogP contribution in [0.1, 0.15) is 32.1 Å². The first-order valence-electron chi connectivity index (χ1n) is 6.93. The molecule has 1 aliphatic heterocycles. The summed E-state index contributed by atoms with van der Waals surface area (Å²) in [6.45, 7) is 2.50.